The van der Waals surface area contributed by atoms with Crippen LogP contribution in [0.1, 0.15) is 24.8 Å². The van der Waals surface area contributed by atoms with E-state index in [1.165, 1.54) is 12.1 Å². The van der Waals surface area contributed by atoms with Crippen molar-refractivity contribution in [2.24, 2.45) is 5.92 Å². The standard InChI is InChI=1S/C29H34O12/c1-15-24-20(32)9-17(12-30)3-2-4-18(10-21(24)40-28(15)37)13-39-29-27(36)26(35)25(34)22(41-29)14-38-23(33)11-16-5-7-19(31)8-6-16/h3,5-8,10,12,20-22,24-27,29,31-32,34-36H,1-2,4,9,11,13-14H2/b17-3+,18-10-/t20-,21+,22?,24+,25?,26?,27?,29?/m0/s1. The van der Waals surface area contributed by atoms with Gasteiger partial charge in [0.05, 0.1) is 25.0 Å². The average Bonchev–Trinajstić information content (AvgIpc) is 3.23. The van der Waals surface area contributed by atoms with Crippen molar-refractivity contribution in [2.75, 3.05) is 13.2 Å². The molecule has 5 unspecified atom stereocenters. The van der Waals surface area contributed by atoms with Crippen LogP contribution in [0.5, 0.6) is 5.75 Å². The summed E-state index contributed by atoms with van der Waals surface area (Å²) < 4.78 is 22.0. The lowest BCUT2D eigenvalue weighted by molar-refractivity contribution is -0.299. The molecule has 222 valence electrons. The molecular weight excluding hydrogens is 540 g/mol. The number of aliphatic hydroxyl groups is 4. The highest BCUT2D eigenvalue weighted by Gasteiger charge is 2.45. The van der Waals surface area contributed by atoms with Crippen molar-refractivity contribution < 1.29 is 58.9 Å². The zero-order chi connectivity index (χ0) is 29.7. The van der Waals surface area contributed by atoms with E-state index in [0.29, 0.717) is 35.8 Å². The second kappa shape index (κ2) is 13.5. The molecule has 12 heteroatoms. The van der Waals surface area contributed by atoms with E-state index in [9.17, 15) is 39.9 Å². The summed E-state index contributed by atoms with van der Waals surface area (Å²) in [5, 5.41) is 51.3. The molecule has 1 aliphatic carbocycles. The van der Waals surface area contributed by atoms with Crippen molar-refractivity contribution in [3.8, 4) is 5.75 Å². The maximum Gasteiger partial charge on any atom is 0.334 e. The first kappa shape index (κ1) is 30.6. The van der Waals surface area contributed by atoms with Gasteiger partial charge in [-0.25, -0.2) is 4.79 Å². The van der Waals surface area contributed by atoms with Crippen molar-refractivity contribution in [1.29, 1.82) is 0 Å². The number of hydrogen-bond acceptors (Lipinski definition) is 12. The van der Waals surface area contributed by atoms with Crippen LogP contribution in [0.25, 0.3) is 0 Å². The van der Waals surface area contributed by atoms with Gasteiger partial charge in [0.1, 0.15) is 49.2 Å². The molecule has 3 aliphatic rings. The number of aldehydes is 1. The number of phenols is 1. The van der Waals surface area contributed by atoms with Gasteiger partial charge in [0.15, 0.2) is 6.29 Å². The van der Waals surface area contributed by atoms with Crippen molar-refractivity contribution in [2.45, 2.75) is 68.6 Å². The molecule has 0 saturated carbocycles. The number of rotatable bonds is 8. The van der Waals surface area contributed by atoms with E-state index in [4.69, 9.17) is 18.9 Å². The first-order chi connectivity index (χ1) is 19.6. The van der Waals surface area contributed by atoms with Crippen molar-refractivity contribution >= 4 is 18.2 Å². The van der Waals surface area contributed by atoms with Crippen LogP contribution in [0.3, 0.4) is 0 Å². The quantitative estimate of drug-likeness (QED) is 0.121. The summed E-state index contributed by atoms with van der Waals surface area (Å²) in [6.45, 7) is 3.15. The lowest BCUT2D eigenvalue weighted by Gasteiger charge is -2.40. The molecule has 5 N–H and O–H groups in total. The number of carbonyl (C=O) groups is 3. The largest absolute Gasteiger partial charge is 0.508 e. The molecule has 0 aromatic heterocycles. The molecule has 41 heavy (non-hydrogen) atoms. The Morgan fingerprint density at radius 3 is 2.54 bits per heavy atom. The number of phenolic OH excluding ortho intramolecular Hbond substituents is 1. The number of carbonyl (C=O) groups excluding carboxylic acids is 3. The fraction of sp³-hybridized carbons (Fsp3) is 0.483. The Bertz CT molecular complexity index is 1190. The molecule has 0 bridgehead atoms. The molecule has 0 amide bonds. The summed E-state index contributed by atoms with van der Waals surface area (Å²) >= 11 is 0. The minimum atomic E-state index is -1.66. The van der Waals surface area contributed by atoms with Crippen molar-refractivity contribution in [1.82, 2.24) is 0 Å². The number of ether oxygens (including phenoxy) is 4. The highest BCUT2D eigenvalue weighted by Crippen LogP contribution is 2.35. The fourth-order valence-corrected chi connectivity index (χ4v) is 5.01. The van der Waals surface area contributed by atoms with Crippen LogP contribution in [0.2, 0.25) is 0 Å². The van der Waals surface area contributed by atoms with Gasteiger partial charge in [0, 0.05) is 12.0 Å². The Kier molecular flexibility index (Phi) is 10.1. The van der Waals surface area contributed by atoms with Gasteiger partial charge >= 0.3 is 11.9 Å². The Balaban J connectivity index is 1.40. The second-order valence-electron chi connectivity index (χ2n) is 10.3. The summed E-state index contributed by atoms with van der Waals surface area (Å²) in [6.07, 6.45) is -4.71. The fourth-order valence-electron chi connectivity index (χ4n) is 5.01. The maximum atomic E-state index is 12.3. The second-order valence-corrected chi connectivity index (χ2v) is 10.3. The molecule has 0 radical (unpaired) electrons. The van der Waals surface area contributed by atoms with Crippen LogP contribution in [0, 0.1) is 5.92 Å². The predicted molar refractivity (Wildman–Crippen MR) is 140 cm³/mol. The van der Waals surface area contributed by atoms with Crippen LogP contribution in [0.15, 0.2) is 59.7 Å². The van der Waals surface area contributed by atoms with E-state index in [1.807, 2.05) is 0 Å². The highest BCUT2D eigenvalue weighted by atomic mass is 16.7. The van der Waals surface area contributed by atoms with Crippen LogP contribution < -0.4 is 0 Å². The minimum Gasteiger partial charge on any atom is -0.508 e. The molecule has 1 aromatic carbocycles. The molecule has 2 heterocycles. The van der Waals surface area contributed by atoms with E-state index in [-0.39, 0.29) is 30.8 Å². The van der Waals surface area contributed by atoms with E-state index >= 15 is 0 Å². The van der Waals surface area contributed by atoms with Gasteiger partial charge in [-0.05, 0) is 47.8 Å². The Hall–Kier alpha value is -3.39. The number of hydrogen-bond donors (Lipinski definition) is 5. The lowest BCUT2D eigenvalue weighted by atomic mass is 9.85. The monoisotopic (exact) mass is 574 g/mol. The average molecular weight is 575 g/mol. The number of benzene rings is 1. The third kappa shape index (κ3) is 7.47. The van der Waals surface area contributed by atoms with Gasteiger partial charge in [0.25, 0.3) is 0 Å². The van der Waals surface area contributed by atoms with Crippen LogP contribution in [-0.4, -0.2) is 99.9 Å². The predicted octanol–water partition coefficient (Wildman–Crippen LogP) is -0.00360. The van der Waals surface area contributed by atoms with Crippen molar-refractivity contribution in [3.05, 3.63) is 65.3 Å². The number of esters is 2. The van der Waals surface area contributed by atoms with E-state index in [0.717, 1.165) is 0 Å². The molecule has 2 fully saturated rings. The Labute approximate surface area is 236 Å². The summed E-state index contributed by atoms with van der Waals surface area (Å²) in [5.74, 6) is -2.01. The molecule has 0 spiro atoms. The molecular formula is C29H34O12. The summed E-state index contributed by atoms with van der Waals surface area (Å²) in [7, 11) is 0. The van der Waals surface area contributed by atoms with Crippen LogP contribution in [0.4, 0.5) is 0 Å². The SMILES string of the molecule is C=C1C(=O)O[C@@H]2/C=C(\COC3OC(COC(=O)Cc4ccc(O)cc4)C(O)C(O)C3O)CC/C=C(/C=O)C[C@H](O)[C@@H]12. The van der Waals surface area contributed by atoms with Gasteiger partial charge < -0.3 is 44.5 Å². The normalized spacial score (nSPS) is 34.8. The molecule has 2 aliphatic heterocycles. The third-order valence-electron chi connectivity index (χ3n) is 7.34. The lowest BCUT2D eigenvalue weighted by Crippen LogP contribution is -2.59. The molecule has 8 atom stereocenters. The van der Waals surface area contributed by atoms with E-state index in [1.54, 1.807) is 24.3 Å². The minimum absolute atomic E-state index is 0.0449. The Morgan fingerprint density at radius 1 is 1.10 bits per heavy atom. The molecule has 4 rings (SSSR count). The van der Waals surface area contributed by atoms with Gasteiger partial charge in [-0.2, -0.15) is 0 Å². The number of allylic oxidation sites excluding steroid dienone is 1. The third-order valence-corrected chi connectivity index (χ3v) is 7.34. The van der Waals surface area contributed by atoms with Crippen LogP contribution >= 0.6 is 0 Å². The molecule has 2 saturated heterocycles. The van der Waals surface area contributed by atoms with Gasteiger partial charge in [-0.3, -0.25) is 9.59 Å². The molecule has 1 aromatic rings. The first-order valence-electron chi connectivity index (χ1n) is 13.2. The van der Waals surface area contributed by atoms with E-state index in [2.05, 4.69) is 6.58 Å². The van der Waals surface area contributed by atoms with Crippen molar-refractivity contribution in [3.63, 3.8) is 0 Å². The summed E-state index contributed by atoms with van der Waals surface area (Å²) in [6, 6.07) is 5.97. The summed E-state index contributed by atoms with van der Waals surface area (Å²) in [5.41, 5.74) is 1.66. The zero-order valence-electron chi connectivity index (χ0n) is 22.2. The summed E-state index contributed by atoms with van der Waals surface area (Å²) in [4.78, 5) is 35.9. The smallest absolute Gasteiger partial charge is 0.334 e. The highest BCUT2D eigenvalue weighted by molar-refractivity contribution is 5.91. The number of fused-ring (bicyclic) bond motifs is 1. The van der Waals surface area contributed by atoms with Crippen LogP contribution in [-0.2, 0) is 39.8 Å². The van der Waals surface area contributed by atoms with Gasteiger partial charge in [0.2, 0.25) is 0 Å². The number of aromatic hydroxyl groups is 1. The first-order valence-corrected chi connectivity index (χ1v) is 13.2. The van der Waals surface area contributed by atoms with E-state index < -0.39 is 67.4 Å². The van der Waals surface area contributed by atoms with Gasteiger partial charge in [-0.15, -0.1) is 0 Å². The number of aliphatic hydroxyl groups excluding tert-OH is 4. The maximum absolute atomic E-state index is 12.3. The zero-order valence-corrected chi connectivity index (χ0v) is 22.2. The Morgan fingerprint density at radius 2 is 1.83 bits per heavy atom. The molecule has 12 nitrogen and oxygen atoms in total. The topological polar surface area (TPSA) is 189 Å². The van der Waals surface area contributed by atoms with Gasteiger partial charge in [-0.1, -0.05) is 24.8 Å².